The van der Waals surface area contributed by atoms with Gasteiger partial charge < -0.3 is 10.1 Å². The van der Waals surface area contributed by atoms with Crippen molar-refractivity contribution >= 4 is 12.4 Å². The van der Waals surface area contributed by atoms with E-state index in [2.05, 4.69) is 30.4 Å². The summed E-state index contributed by atoms with van der Waals surface area (Å²) >= 11 is 0. The van der Waals surface area contributed by atoms with Crippen LogP contribution < -0.4 is 10.1 Å². The fourth-order valence-electron chi connectivity index (χ4n) is 2.42. The molecule has 1 aliphatic heterocycles. The van der Waals surface area contributed by atoms with Crippen LogP contribution in [0.4, 0.5) is 0 Å². The van der Waals surface area contributed by atoms with Crippen molar-refractivity contribution < 1.29 is 4.74 Å². The fourth-order valence-corrected chi connectivity index (χ4v) is 2.42. The van der Waals surface area contributed by atoms with Crippen LogP contribution in [0.3, 0.4) is 0 Å². The number of hydrogen-bond acceptors (Lipinski definition) is 2. The molecular formula is C14H22ClNO. The molecule has 1 aromatic carbocycles. The molecule has 3 heteroatoms. The van der Waals surface area contributed by atoms with E-state index in [-0.39, 0.29) is 12.4 Å². The average Bonchev–Trinajstić information content (AvgIpc) is 2.30. The van der Waals surface area contributed by atoms with E-state index < -0.39 is 0 Å². The molecule has 1 aliphatic rings. The molecule has 0 amide bonds. The van der Waals surface area contributed by atoms with E-state index in [1.807, 2.05) is 6.92 Å². The molecule has 0 unspecified atom stereocenters. The average molecular weight is 256 g/mol. The predicted octanol–water partition coefficient (Wildman–Crippen LogP) is 3.28. The van der Waals surface area contributed by atoms with Crippen LogP contribution >= 0.6 is 12.4 Å². The molecule has 1 heterocycles. The summed E-state index contributed by atoms with van der Waals surface area (Å²) in [6, 6.07) is 6.64. The van der Waals surface area contributed by atoms with Gasteiger partial charge in [-0.1, -0.05) is 6.07 Å². The SMILES string of the molecule is CCOc1cc(C)cc(C2CCNCC2)c1.Cl. The minimum Gasteiger partial charge on any atom is -0.494 e. The maximum atomic E-state index is 5.60. The Morgan fingerprint density at radius 1 is 1.24 bits per heavy atom. The molecule has 17 heavy (non-hydrogen) atoms. The van der Waals surface area contributed by atoms with Crippen LogP contribution in [0.15, 0.2) is 18.2 Å². The van der Waals surface area contributed by atoms with Gasteiger partial charge in [0.1, 0.15) is 5.75 Å². The number of hydrogen-bond donors (Lipinski definition) is 1. The Balaban J connectivity index is 0.00000144. The maximum Gasteiger partial charge on any atom is 0.119 e. The topological polar surface area (TPSA) is 21.3 Å². The Bertz CT molecular complexity index is 348. The van der Waals surface area contributed by atoms with Crippen LogP contribution in [0.2, 0.25) is 0 Å². The Hall–Kier alpha value is -0.730. The summed E-state index contributed by atoms with van der Waals surface area (Å²) in [5.41, 5.74) is 2.75. The van der Waals surface area contributed by atoms with Crippen LogP contribution in [0.5, 0.6) is 5.75 Å². The lowest BCUT2D eigenvalue weighted by Crippen LogP contribution is -2.26. The first-order chi connectivity index (χ1) is 7.79. The molecular weight excluding hydrogens is 234 g/mol. The normalized spacial score (nSPS) is 16.4. The van der Waals surface area contributed by atoms with Crippen molar-refractivity contribution in [3.05, 3.63) is 29.3 Å². The first-order valence-electron chi connectivity index (χ1n) is 6.24. The molecule has 1 saturated heterocycles. The molecule has 2 rings (SSSR count). The Labute approximate surface area is 110 Å². The van der Waals surface area contributed by atoms with Gasteiger partial charge >= 0.3 is 0 Å². The van der Waals surface area contributed by atoms with E-state index in [4.69, 9.17) is 4.74 Å². The third-order valence-electron chi connectivity index (χ3n) is 3.19. The number of rotatable bonds is 3. The Morgan fingerprint density at radius 3 is 2.59 bits per heavy atom. The summed E-state index contributed by atoms with van der Waals surface area (Å²) < 4.78 is 5.60. The fraction of sp³-hybridized carbons (Fsp3) is 0.571. The molecule has 0 saturated carbocycles. The highest BCUT2D eigenvalue weighted by atomic mass is 35.5. The van der Waals surface area contributed by atoms with Gasteiger partial charge in [0.2, 0.25) is 0 Å². The highest BCUT2D eigenvalue weighted by Gasteiger charge is 2.15. The summed E-state index contributed by atoms with van der Waals surface area (Å²) in [6.07, 6.45) is 2.49. The molecule has 0 bridgehead atoms. The van der Waals surface area contributed by atoms with E-state index >= 15 is 0 Å². The second-order valence-corrected chi connectivity index (χ2v) is 4.54. The molecule has 1 aromatic rings. The van der Waals surface area contributed by atoms with E-state index in [1.54, 1.807) is 0 Å². The number of ether oxygens (including phenoxy) is 1. The van der Waals surface area contributed by atoms with Gasteiger partial charge in [-0.2, -0.15) is 0 Å². The first-order valence-corrected chi connectivity index (χ1v) is 6.24. The van der Waals surface area contributed by atoms with Gasteiger partial charge in [0.15, 0.2) is 0 Å². The highest BCUT2D eigenvalue weighted by molar-refractivity contribution is 5.85. The zero-order chi connectivity index (χ0) is 11.4. The zero-order valence-electron chi connectivity index (χ0n) is 10.7. The van der Waals surface area contributed by atoms with Gasteiger partial charge in [-0.3, -0.25) is 0 Å². The smallest absolute Gasteiger partial charge is 0.119 e. The van der Waals surface area contributed by atoms with Gasteiger partial charge in [-0.15, -0.1) is 12.4 Å². The third kappa shape index (κ3) is 3.90. The van der Waals surface area contributed by atoms with E-state index in [9.17, 15) is 0 Å². The predicted molar refractivity (Wildman–Crippen MR) is 74.4 cm³/mol. The lowest BCUT2D eigenvalue weighted by Gasteiger charge is -2.23. The van der Waals surface area contributed by atoms with Crippen LogP contribution in [0.1, 0.15) is 36.8 Å². The van der Waals surface area contributed by atoms with Gasteiger partial charge in [-0.05, 0) is 69.0 Å². The van der Waals surface area contributed by atoms with E-state index in [1.165, 1.54) is 24.0 Å². The van der Waals surface area contributed by atoms with Gasteiger partial charge in [0.25, 0.3) is 0 Å². The number of nitrogens with one attached hydrogen (secondary N) is 1. The summed E-state index contributed by atoms with van der Waals surface area (Å²) in [5.74, 6) is 1.73. The Morgan fingerprint density at radius 2 is 1.94 bits per heavy atom. The molecule has 0 atom stereocenters. The largest absolute Gasteiger partial charge is 0.494 e. The van der Waals surface area contributed by atoms with Crippen LogP contribution in [0, 0.1) is 6.92 Å². The minimum atomic E-state index is 0. The van der Waals surface area contributed by atoms with Crippen molar-refractivity contribution in [2.24, 2.45) is 0 Å². The van der Waals surface area contributed by atoms with Gasteiger partial charge in [0, 0.05) is 0 Å². The van der Waals surface area contributed by atoms with E-state index in [0.717, 1.165) is 25.4 Å². The third-order valence-corrected chi connectivity index (χ3v) is 3.19. The molecule has 96 valence electrons. The van der Waals surface area contributed by atoms with Crippen molar-refractivity contribution in [1.82, 2.24) is 5.32 Å². The minimum absolute atomic E-state index is 0. The first kappa shape index (κ1) is 14.3. The lowest BCUT2D eigenvalue weighted by atomic mass is 9.89. The van der Waals surface area contributed by atoms with Crippen molar-refractivity contribution in [1.29, 1.82) is 0 Å². The molecule has 0 aromatic heterocycles. The van der Waals surface area contributed by atoms with E-state index in [0.29, 0.717) is 5.92 Å². The van der Waals surface area contributed by atoms with Crippen LogP contribution in [-0.2, 0) is 0 Å². The molecule has 0 radical (unpaired) electrons. The second-order valence-electron chi connectivity index (χ2n) is 4.54. The number of benzene rings is 1. The number of halogens is 1. The number of piperidine rings is 1. The summed E-state index contributed by atoms with van der Waals surface area (Å²) in [6.45, 7) is 7.21. The van der Waals surface area contributed by atoms with Crippen molar-refractivity contribution in [3.8, 4) is 5.75 Å². The molecule has 1 fully saturated rings. The standard InChI is InChI=1S/C14H21NO.ClH/c1-3-16-14-9-11(2)8-13(10-14)12-4-6-15-7-5-12;/h8-10,12,15H,3-7H2,1-2H3;1H. The van der Waals surface area contributed by atoms with Crippen molar-refractivity contribution in [3.63, 3.8) is 0 Å². The van der Waals surface area contributed by atoms with Crippen LogP contribution in [-0.4, -0.2) is 19.7 Å². The summed E-state index contributed by atoms with van der Waals surface area (Å²) in [4.78, 5) is 0. The Kier molecular flexibility index (Phi) is 5.79. The van der Waals surface area contributed by atoms with Crippen molar-refractivity contribution in [2.75, 3.05) is 19.7 Å². The quantitative estimate of drug-likeness (QED) is 0.895. The van der Waals surface area contributed by atoms with Crippen molar-refractivity contribution in [2.45, 2.75) is 32.6 Å². The molecule has 1 N–H and O–H groups in total. The monoisotopic (exact) mass is 255 g/mol. The number of aryl methyl sites for hydroxylation is 1. The van der Waals surface area contributed by atoms with Gasteiger partial charge in [-0.25, -0.2) is 0 Å². The molecule has 0 aliphatic carbocycles. The highest BCUT2D eigenvalue weighted by Crippen LogP contribution is 2.29. The maximum absolute atomic E-state index is 5.60. The van der Waals surface area contributed by atoms with Gasteiger partial charge in [0.05, 0.1) is 6.61 Å². The summed E-state index contributed by atoms with van der Waals surface area (Å²) in [5, 5.41) is 3.41. The molecule has 0 spiro atoms. The zero-order valence-corrected chi connectivity index (χ0v) is 11.5. The summed E-state index contributed by atoms with van der Waals surface area (Å²) in [7, 11) is 0. The second kappa shape index (κ2) is 6.87. The van der Waals surface area contributed by atoms with Crippen LogP contribution in [0.25, 0.3) is 0 Å². The molecule has 2 nitrogen and oxygen atoms in total. The lowest BCUT2D eigenvalue weighted by molar-refractivity contribution is 0.339.